The topological polar surface area (TPSA) is 86.3 Å². The lowest BCUT2D eigenvalue weighted by Gasteiger charge is -2.22. The smallest absolute Gasteiger partial charge is 0.263 e. The van der Waals surface area contributed by atoms with Crippen LogP contribution in [0.1, 0.15) is 24.5 Å². The van der Waals surface area contributed by atoms with Gasteiger partial charge < -0.3 is 10.1 Å². The number of hydrogen-bond donors (Lipinski definition) is 1. The maximum Gasteiger partial charge on any atom is 0.263 e. The number of rotatable bonds is 6. The fraction of sp³-hybridized carbons (Fsp3) is 0.138. The second-order valence-corrected chi connectivity index (χ2v) is 8.70. The summed E-state index contributed by atoms with van der Waals surface area (Å²) in [6, 6.07) is 14.7. The van der Waals surface area contributed by atoms with Gasteiger partial charge in [0.25, 0.3) is 5.56 Å². The number of anilines is 1. The number of nitrogens with one attached hydrogen (secondary N) is 1. The zero-order valence-electron chi connectivity index (χ0n) is 20.9. The van der Waals surface area contributed by atoms with Crippen LogP contribution < -0.4 is 15.6 Å². The summed E-state index contributed by atoms with van der Waals surface area (Å²) in [6.07, 6.45) is 4.72. The largest absolute Gasteiger partial charge is 0.495 e. The summed E-state index contributed by atoms with van der Waals surface area (Å²) in [6.45, 7) is 11.1. The van der Waals surface area contributed by atoms with Gasteiger partial charge in [-0.05, 0) is 55.1 Å². The normalized spacial score (nSPS) is 11.7. The molecule has 0 spiro atoms. The maximum absolute atomic E-state index is 14.3. The van der Waals surface area contributed by atoms with Gasteiger partial charge >= 0.3 is 0 Å². The van der Waals surface area contributed by atoms with Gasteiger partial charge in [0.15, 0.2) is 0 Å². The lowest BCUT2D eigenvalue weighted by atomic mass is 9.98. The van der Waals surface area contributed by atoms with Gasteiger partial charge in [-0.3, -0.25) is 19.3 Å². The fourth-order valence-corrected chi connectivity index (χ4v) is 4.43. The molecule has 0 amide bonds. The van der Waals surface area contributed by atoms with Gasteiger partial charge in [-0.25, -0.2) is 14.2 Å². The highest BCUT2D eigenvalue weighted by atomic mass is 19.1. The molecule has 5 aromatic rings. The third-order valence-electron chi connectivity index (χ3n) is 6.21. The summed E-state index contributed by atoms with van der Waals surface area (Å²) in [5.41, 5.74) is 2.28. The summed E-state index contributed by atoms with van der Waals surface area (Å²) in [7, 11) is 1.56. The molecule has 2 aromatic carbocycles. The van der Waals surface area contributed by atoms with Crippen molar-refractivity contribution in [2.75, 3.05) is 12.4 Å². The Labute approximate surface area is 218 Å². The first-order valence-electron chi connectivity index (χ1n) is 11.8. The SMILES string of the molecule is [C-]#[N+]c1cnc(C)nc1N[C@@H](C)c1cc2cccc(-c3cncc(OC)c3)c2c(=O)n1-c1cccc(F)c1. The van der Waals surface area contributed by atoms with Crippen LogP contribution in [0.25, 0.3) is 32.4 Å². The minimum Gasteiger partial charge on any atom is -0.495 e. The van der Waals surface area contributed by atoms with Crippen molar-refractivity contribution in [3.8, 4) is 22.6 Å². The molecule has 0 aliphatic carbocycles. The Hall–Kier alpha value is -5.10. The molecule has 5 rings (SSSR count). The summed E-state index contributed by atoms with van der Waals surface area (Å²) >= 11 is 0. The van der Waals surface area contributed by atoms with E-state index >= 15 is 0 Å². The number of benzene rings is 2. The van der Waals surface area contributed by atoms with Crippen molar-refractivity contribution in [2.24, 2.45) is 0 Å². The van der Waals surface area contributed by atoms with E-state index in [-0.39, 0.29) is 11.2 Å². The number of ether oxygens (including phenoxy) is 1. The Balaban J connectivity index is 1.76. The highest BCUT2D eigenvalue weighted by Gasteiger charge is 2.20. The van der Waals surface area contributed by atoms with Crippen LogP contribution >= 0.6 is 0 Å². The number of hydrogen-bond acceptors (Lipinski definition) is 6. The molecule has 0 fully saturated rings. The van der Waals surface area contributed by atoms with Crippen LogP contribution in [0, 0.1) is 19.3 Å². The number of halogens is 1. The van der Waals surface area contributed by atoms with Crippen molar-refractivity contribution in [3.05, 3.63) is 112 Å². The van der Waals surface area contributed by atoms with E-state index < -0.39 is 11.9 Å². The van der Waals surface area contributed by atoms with Crippen LogP contribution in [-0.4, -0.2) is 26.6 Å². The molecule has 0 saturated carbocycles. The first-order chi connectivity index (χ1) is 18.4. The van der Waals surface area contributed by atoms with Gasteiger partial charge in [-0.1, -0.05) is 24.3 Å². The molecule has 0 saturated heterocycles. The lowest BCUT2D eigenvalue weighted by Crippen LogP contribution is -2.26. The van der Waals surface area contributed by atoms with Crippen LogP contribution in [0.5, 0.6) is 5.75 Å². The van der Waals surface area contributed by atoms with Gasteiger partial charge in [-0.15, -0.1) is 0 Å². The molecule has 9 heteroatoms. The van der Waals surface area contributed by atoms with Crippen molar-refractivity contribution in [2.45, 2.75) is 19.9 Å². The molecule has 3 heterocycles. The predicted molar refractivity (Wildman–Crippen MR) is 144 cm³/mol. The average Bonchev–Trinajstić information content (AvgIpc) is 2.92. The minimum atomic E-state index is -0.479. The quantitative estimate of drug-likeness (QED) is 0.283. The number of aromatic nitrogens is 4. The number of aryl methyl sites for hydroxylation is 1. The summed E-state index contributed by atoms with van der Waals surface area (Å²) in [5.74, 6) is 0.961. The van der Waals surface area contributed by atoms with Crippen LogP contribution in [0.4, 0.5) is 15.9 Å². The number of pyridine rings is 2. The summed E-state index contributed by atoms with van der Waals surface area (Å²) < 4.78 is 21.2. The third-order valence-corrected chi connectivity index (χ3v) is 6.21. The molecule has 0 aliphatic rings. The van der Waals surface area contributed by atoms with Crippen LogP contribution in [0.15, 0.2) is 78.0 Å². The molecule has 0 aliphatic heterocycles. The van der Waals surface area contributed by atoms with Gasteiger partial charge in [0.2, 0.25) is 5.69 Å². The number of methoxy groups -OCH3 is 1. The molecular weight excluding hydrogens is 483 g/mol. The molecule has 38 heavy (non-hydrogen) atoms. The van der Waals surface area contributed by atoms with E-state index in [0.29, 0.717) is 45.1 Å². The van der Waals surface area contributed by atoms with Crippen LogP contribution in [-0.2, 0) is 0 Å². The second-order valence-electron chi connectivity index (χ2n) is 8.70. The standard InChI is InChI=1S/C29H23FN6O2/c1-17(34-28-25(31-3)16-33-18(2)35-28)26-12-19-7-5-10-24(20-11-23(38-4)15-32-14-20)27(19)29(37)36(26)22-9-6-8-21(30)13-22/h5-17H,1-2,4H3,(H,33,34,35)/t17-/m0/s1. The fourth-order valence-electron chi connectivity index (χ4n) is 4.43. The first kappa shape index (κ1) is 24.6. The summed E-state index contributed by atoms with van der Waals surface area (Å²) in [5, 5.41) is 4.42. The minimum absolute atomic E-state index is 0.260. The Bertz CT molecular complexity index is 1780. The van der Waals surface area contributed by atoms with Crippen molar-refractivity contribution < 1.29 is 9.13 Å². The van der Waals surface area contributed by atoms with Gasteiger partial charge in [0.1, 0.15) is 23.2 Å². The van der Waals surface area contributed by atoms with E-state index in [1.165, 1.54) is 22.9 Å². The molecular formula is C29H23FN6O2. The zero-order chi connectivity index (χ0) is 26.8. The highest BCUT2D eigenvalue weighted by molar-refractivity contribution is 5.96. The molecule has 0 bridgehead atoms. The molecule has 8 nitrogen and oxygen atoms in total. The molecule has 0 radical (unpaired) electrons. The van der Waals surface area contributed by atoms with E-state index in [0.717, 1.165) is 5.56 Å². The first-order valence-corrected chi connectivity index (χ1v) is 11.8. The van der Waals surface area contributed by atoms with Gasteiger partial charge in [0, 0.05) is 23.7 Å². The van der Waals surface area contributed by atoms with E-state index in [1.54, 1.807) is 38.6 Å². The monoisotopic (exact) mass is 506 g/mol. The van der Waals surface area contributed by atoms with Gasteiger partial charge in [-0.2, -0.15) is 0 Å². The van der Waals surface area contributed by atoms with Crippen LogP contribution in [0.3, 0.4) is 0 Å². The molecule has 188 valence electrons. The molecule has 1 atom stereocenters. The van der Waals surface area contributed by atoms with Gasteiger partial charge in [0.05, 0.1) is 37.0 Å². The third kappa shape index (κ3) is 4.55. The zero-order valence-corrected chi connectivity index (χ0v) is 20.9. The van der Waals surface area contributed by atoms with Crippen molar-refractivity contribution in [1.82, 2.24) is 19.5 Å². The van der Waals surface area contributed by atoms with E-state index in [4.69, 9.17) is 11.3 Å². The molecule has 0 unspecified atom stereocenters. The molecule has 3 aromatic heterocycles. The van der Waals surface area contributed by atoms with Crippen molar-refractivity contribution in [1.29, 1.82) is 0 Å². The highest BCUT2D eigenvalue weighted by Crippen LogP contribution is 2.32. The van der Waals surface area contributed by atoms with Crippen molar-refractivity contribution >= 4 is 22.3 Å². The van der Waals surface area contributed by atoms with E-state index in [1.807, 2.05) is 37.3 Å². The van der Waals surface area contributed by atoms with Crippen molar-refractivity contribution in [3.63, 3.8) is 0 Å². The predicted octanol–water partition coefficient (Wildman–Crippen LogP) is 6.02. The van der Waals surface area contributed by atoms with E-state index in [9.17, 15) is 9.18 Å². The summed E-state index contributed by atoms with van der Waals surface area (Å²) in [4.78, 5) is 30.5. The Morgan fingerprint density at radius 2 is 1.92 bits per heavy atom. The lowest BCUT2D eigenvalue weighted by molar-refractivity contribution is 0.413. The Kier molecular flexibility index (Phi) is 6.54. The van der Waals surface area contributed by atoms with Crippen LogP contribution in [0.2, 0.25) is 0 Å². The average molecular weight is 507 g/mol. The Morgan fingerprint density at radius 1 is 1.11 bits per heavy atom. The Morgan fingerprint density at radius 3 is 2.68 bits per heavy atom. The number of fused-ring (bicyclic) bond motifs is 1. The number of nitrogens with zero attached hydrogens (tertiary/aromatic N) is 5. The molecule has 1 N–H and O–H groups in total. The second kappa shape index (κ2) is 10.1. The van der Waals surface area contributed by atoms with E-state index in [2.05, 4.69) is 25.1 Å². The maximum atomic E-state index is 14.3.